The molecule has 0 saturated carbocycles. The van der Waals surface area contributed by atoms with Gasteiger partial charge in [-0.1, -0.05) is 30.3 Å². The van der Waals surface area contributed by atoms with Gasteiger partial charge in [-0.25, -0.2) is 0 Å². The van der Waals surface area contributed by atoms with Crippen LogP contribution in [0.15, 0.2) is 42.7 Å². The smallest absolute Gasteiger partial charge is 0.150 e. The van der Waals surface area contributed by atoms with Gasteiger partial charge < -0.3 is 19.7 Å². The van der Waals surface area contributed by atoms with Crippen molar-refractivity contribution in [2.45, 2.75) is 24.9 Å². The zero-order valence-electron chi connectivity index (χ0n) is 9.40. The molecule has 0 aliphatic carbocycles. The first kappa shape index (κ1) is 12.1. The summed E-state index contributed by atoms with van der Waals surface area (Å²) in [6.07, 6.45) is 0.482. The minimum atomic E-state index is -0.934. The van der Waals surface area contributed by atoms with Crippen molar-refractivity contribution in [3.63, 3.8) is 0 Å². The van der Waals surface area contributed by atoms with Gasteiger partial charge in [0.25, 0.3) is 0 Å². The third-order valence-electron chi connectivity index (χ3n) is 2.65. The van der Waals surface area contributed by atoms with Crippen LogP contribution in [0.3, 0.4) is 0 Å². The Morgan fingerprint density at radius 3 is 2.71 bits per heavy atom. The second-order valence-electron chi connectivity index (χ2n) is 3.98. The molecule has 0 unspecified atom stereocenters. The molecule has 0 radical (unpaired) electrons. The highest BCUT2D eigenvalue weighted by Crippen LogP contribution is 2.13. The number of benzene rings is 1. The number of hydrogen-bond acceptors (Lipinski definition) is 4. The SMILES string of the molecule is O[C@@H]1[C@@H](O)C=CO[C@@H]1COCc1ccccc1. The zero-order valence-corrected chi connectivity index (χ0v) is 9.40. The fourth-order valence-electron chi connectivity index (χ4n) is 1.65. The molecule has 0 amide bonds. The second-order valence-corrected chi connectivity index (χ2v) is 3.98. The Labute approximate surface area is 100 Å². The first-order chi connectivity index (χ1) is 8.27. The van der Waals surface area contributed by atoms with Gasteiger partial charge in [0.05, 0.1) is 19.5 Å². The van der Waals surface area contributed by atoms with E-state index in [4.69, 9.17) is 9.47 Å². The Morgan fingerprint density at radius 2 is 1.94 bits per heavy atom. The predicted octanol–water partition coefficient (Wildman–Crippen LogP) is 0.837. The van der Waals surface area contributed by atoms with Gasteiger partial charge in [-0.15, -0.1) is 0 Å². The standard InChI is InChI=1S/C13H16O4/c14-11-6-7-17-12(13(11)15)9-16-8-10-4-2-1-3-5-10/h1-7,11-15H,8-9H2/t11-,12+,13+/m0/s1. The Morgan fingerprint density at radius 1 is 1.18 bits per heavy atom. The molecule has 2 rings (SSSR count). The summed E-state index contributed by atoms with van der Waals surface area (Å²) >= 11 is 0. The molecule has 1 aliphatic heterocycles. The fraction of sp³-hybridized carbons (Fsp3) is 0.385. The van der Waals surface area contributed by atoms with Crippen LogP contribution in [0.25, 0.3) is 0 Å². The quantitative estimate of drug-likeness (QED) is 0.813. The molecule has 4 heteroatoms. The van der Waals surface area contributed by atoms with E-state index < -0.39 is 18.3 Å². The average Bonchev–Trinajstić information content (AvgIpc) is 2.36. The Kier molecular flexibility index (Phi) is 4.14. The molecule has 92 valence electrons. The van der Waals surface area contributed by atoms with Crippen molar-refractivity contribution in [2.75, 3.05) is 6.61 Å². The van der Waals surface area contributed by atoms with Gasteiger partial charge in [0, 0.05) is 0 Å². The monoisotopic (exact) mass is 236 g/mol. The first-order valence-electron chi connectivity index (χ1n) is 5.57. The highest BCUT2D eigenvalue weighted by Gasteiger charge is 2.28. The summed E-state index contributed by atoms with van der Waals surface area (Å²) in [5, 5.41) is 19.0. The number of aliphatic hydroxyl groups is 2. The molecule has 1 heterocycles. The van der Waals surface area contributed by atoms with Gasteiger partial charge in [0.15, 0.2) is 0 Å². The van der Waals surface area contributed by atoms with E-state index in [1.165, 1.54) is 12.3 Å². The molecular formula is C13H16O4. The van der Waals surface area contributed by atoms with Crippen LogP contribution in [0.2, 0.25) is 0 Å². The third-order valence-corrected chi connectivity index (χ3v) is 2.65. The van der Waals surface area contributed by atoms with Gasteiger partial charge in [-0.2, -0.15) is 0 Å². The fourth-order valence-corrected chi connectivity index (χ4v) is 1.65. The average molecular weight is 236 g/mol. The molecular weight excluding hydrogens is 220 g/mol. The first-order valence-corrected chi connectivity index (χ1v) is 5.57. The molecule has 0 aromatic heterocycles. The maximum Gasteiger partial charge on any atom is 0.150 e. The molecule has 0 spiro atoms. The van der Waals surface area contributed by atoms with E-state index in [-0.39, 0.29) is 6.61 Å². The van der Waals surface area contributed by atoms with Crippen LogP contribution in [0, 0.1) is 0 Å². The van der Waals surface area contributed by atoms with E-state index >= 15 is 0 Å². The molecule has 4 nitrogen and oxygen atoms in total. The van der Waals surface area contributed by atoms with Crippen molar-refractivity contribution in [2.24, 2.45) is 0 Å². The minimum Gasteiger partial charge on any atom is -0.493 e. The lowest BCUT2D eigenvalue weighted by Gasteiger charge is -2.28. The van der Waals surface area contributed by atoms with Crippen LogP contribution in [-0.2, 0) is 16.1 Å². The summed E-state index contributed by atoms with van der Waals surface area (Å²) in [5.74, 6) is 0. The normalized spacial score (nSPS) is 27.8. The topological polar surface area (TPSA) is 58.9 Å². The highest BCUT2D eigenvalue weighted by atomic mass is 16.5. The molecule has 1 aromatic rings. The van der Waals surface area contributed by atoms with Crippen molar-refractivity contribution in [1.29, 1.82) is 0 Å². The van der Waals surface area contributed by atoms with Crippen LogP contribution < -0.4 is 0 Å². The van der Waals surface area contributed by atoms with E-state index in [1.54, 1.807) is 0 Å². The van der Waals surface area contributed by atoms with Gasteiger partial charge in [0.2, 0.25) is 0 Å². The van der Waals surface area contributed by atoms with Crippen LogP contribution in [0.1, 0.15) is 5.56 Å². The number of ether oxygens (including phenoxy) is 2. The van der Waals surface area contributed by atoms with Crippen molar-refractivity contribution in [3.8, 4) is 0 Å². The second kappa shape index (κ2) is 5.82. The van der Waals surface area contributed by atoms with E-state index in [0.29, 0.717) is 6.61 Å². The van der Waals surface area contributed by atoms with E-state index in [1.807, 2.05) is 30.3 Å². The summed E-state index contributed by atoms with van der Waals surface area (Å²) in [5.41, 5.74) is 1.06. The highest BCUT2D eigenvalue weighted by molar-refractivity contribution is 5.13. The van der Waals surface area contributed by atoms with Crippen molar-refractivity contribution in [3.05, 3.63) is 48.2 Å². The molecule has 1 aromatic carbocycles. The molecule has 0 saturated heterocycles. The minimum absolute atomic E-state index is 0.247. The van der Waals surface area contributed by atoms with E-state index in [2.05, 4.69) is 0 Å². The molecule has 0 bridgehead atoms. The summed E-state index contributed by atoms with van der Waals surface area (Å²) in [4.78, 5) is 0. The lowest BCUT2D eigenvalue weighted by molar-refractivity contribution is -0.0952. The van der Waals surface area contributed by atoms with Gasteiger partial charge in [-0.05, 0) is 11.6 Å². The van der Waals surface area contributed by atoms with Crippen molar-refractivity contribution in [1.82, 2.24) is 0 Å². The number of rotatable bonds is 4. The van der Waals surface area contributed by atoms with Gasteiger partial charge >= 0.3 is 0 Å². The molecule has 3 atom stereocenters. The van der Waals surface area contributed by atoms with Gasteiger partial charge in [-0.3, -0.25) is 0 Å². The maximum atomic E-state index is 9.63. The summed E-state index contributed by atoms with van der Waals surface area (Å²) < 4.78 is 10.6. The number of hydrogen-bond donors (Lipinski definition) is 2. The van der Waals surface area contributed by atoms with Crippen LogP contribution >= 0.6 is 0 Å². The Hall–Kier alpha value is -1.36. The lowest BCUT2D eigenvalue weighted by atomic mass is 10.1. The molecule has 0 fully saturated rings. The van der Waals surface area contributed by atoms with Crippen LogP contribution in [-0.4, -0.2) is 35.1 Å². The largest absolute Gasteiger partial charge is 0.493 e. The lowest BCUT2D eigenvalue weighted by Crippen LogP contribution is -2.42. The predicted molar refractivity (Wildman–Crippen MR) is 62.1 cm³/mol. The summed E-state index contributed by atoms with van der Waals surface area (Å²) in [6, 6.07) is 9.76. The Balaban J connectivity index is 1.77. The maximum absolute atomic E-state index is 9.63. The van der Waals surface area contributed by atoms with Crippen molar-refractivity contribution >= 4 is 0 Å². The van der Waals surface area contributed by atoms with Crippen LogP contribution in [0.5, 0.6) is 0 Å². The molecule has 17 heavy (non-hydrogen) atoms. The molecule has 2 N–H and O–H groups in total. The van der Waals surface area contributed by atoms with Gasteiger partial charge in [0.1, 0.15) is 18.3 Å². The number of aliphatic hydroxyl groups excluding tert-OH is 2. The summed E-state index contributed by atoms with van der Waals surface area (Å²) in [6.45, 7) is 0.713. The zero-order chi connectivity index (χ0) is 12.1. The van der Waals surface area contributed by atoms with Crippen molar-refractivity contribution < 1.29 is 19.7 Å². The van der Waals surface area contributed by atoms with Crippen LogP contribution in [0.4, 0.5) is 0 Å². The summed E-state index contributed by atoms with van der Waals surface area (Å²) in [7, 11) is 0. The molecule has 1 aliphatic rings. The van der Waals surface area contributed by atoms with E-state index in [9.17, 15) is 10.2 Å². The van der Waals surface area contributed by atoms with E-state index in [0.717, 1.165) is 5.56 Å². The third kappa shape index (κ3) is 3.30. The Bertz CT molecular complexity index is 363.